The first-order chi connectivity index (χ1) is 7.15. The predicted octanol–water partition coefficient (Wildman–Crippen LogP) is 0.458. The molecule has 1 heterocycles. The van der Waals surface area contributed by atoms with E-state index in [4.69, 9.17) is 0 Å². The molecule has 1 aliphatic rings. The van der Waals surface area contributed by atoms with Crippen LogP contribution in [0.4, 0.5) is 5.69 Å². The number of aryl methyl sites for hydroxylation is 1. The number of hydrogen-bond acceptors (Lipinski definition) is 3. The SMILES string of the molecule is Cc1ccc(N2CC(=O)NC(=O)C2)cc1. The minimum atomic E-state index is -0.244. The molecular weight excluding hydrogens is 192 g/mol. The maximum atomic E-state index is 11.2. The Morgan fingerprint density at radius 2 is 1.60 bits per heavy atom. The normalized spacial score (nSPS) is 16.5. The molecule has 0 radical (unpaired) electrons. The quantitative estimate of drug-likeness (QED) is 0.676. The molecule has 1 fully saturated rings. The second-order valence-corrected chi connectivity index (χ2v) is 3.66. The summed E-state index contributed by atoms with van der Waals surface area (Å²) in [6, 6.07) is 7.76. The lowest BCUT2D eigenvalue weighted by atomic mass is 10.2. The van der Waals surface area contributed by atoms with Gasteiger partial charge >= 0.3 is 0 Å². The average molecular weight is 204 g/mol. The lowest BCUT2D eigenvalue weighted by molar-refractivity contribution is -0.130. The number of amides is 2. The lowest BCUT2D eigenvalue weighted by Gasteiger charge is -2.27. The van der Waals surface area contributed by atoms with Gasteiger partial charge < -0.3 is 4.90 Å². The molecule has 0 unspecified atom stereocenters. The highest BCUT2D eigenvalue weighted by atomic mass is 16.2. The third-order valence-corrected chi connectivity index (χ3v) is 2.35. The van der Waals surface area contributed by atoms with Gasteiger partial charge in [-0.3, -0.25) is 14.9 Å². The topological polar surface area (TPSA) is 49.4 Å². The number of benzene rings is 1. The van der Waals surface area contributed by atoms with E-state index in [2.05, 4.69) is 5.32 Å². The molecule has 0 saturated carbocycles. The average Bonchev–Trinajstić information content (AvgIpc) is 2.17. The first-order valence-corrected chi connectivity index (χ1v) is 4.79. The number of carbonyl (C=O) groups is 2. The molecule has 15 heavy (non-hydrogen) atoms. The second kappa shape index (κ2) is 3.73. The summed E-state index contributed by atoms with van der Waals surface area (Å²) in [6.45, 7) is 2.49. The van der Waals surface area contributed by atoms with E-state index in [-0.39, 0.29) is 24.9 Å². The number of nitrogens with zero attached hydrogens (tertiary/aromatic N) is 1. The van der Waals surface area contributed by atoms with E-state index in [1.807, 2.05) is 31.2 Å². The first-order valence-electron chi connectivity index (χ1n) is 4.79. The smallest absolute Gasteiger partial charge is 0.246 e. The van der Waals surface area contributed by atoms with Crippen molar-refractivity contribution < 1.29 is 9.59 Å². The second-order valence-electron chi connectivity index (χ2n) is 3.66. The van der Waals surface area contributed by atoms with Crippen LogP contribution in [-0.2, 0) is 9.59 Å². The largest absolute Gasteiger partial charge is 0.353 e. The lowest BCUT2D eigenvalue weighted by Crippen LogP contribution is -2.51. The maximum absolute atomic E-state index is 11.2. The van der Waals surface area contributed by atoms with E-state index >= 15 is 0 Å². The summed E-state index contributed by atoms with van der Waals surface area (Å²) < 4.78 is 0. The Morgan fingerprint density at radius 3 is 2.13 bits per heavy atom. The summed E-state index contributed by atoms with van der Waals surface area (Å²) in [5.74, 6) is -0.487. The van der Waals surface area contributed by atoms with Crippen molar-refractivity contribution in [2.75, 3.05) is 18.0 Å². The molecule has 0 spiro atoms. The fraction of sp³-hybridized carbons (Fsp3) is 0.273. The summed E-state index contributed by atoms with van der Waals surface area (Å²) in [7, 11) is 0. The number of anilines is 1. The minimum Gasteiger partial charge on any atom is -0.353 e. The highest BCUT2D eigenvalue weighted by Gasteiger charge is 2.22. The Labute approximate surface area is 87.9 Å². The molecule has 0 aromatic heterocycles. The molecule has 4 heteroatoms. The van der Waals surface area contributed by atoms with Crippen LogP contribution < -0.4 is 10.2 Å². The molecular formula is C11H12N2O2. The van der Waals surface area contributed by atoms with Gasteiger partial charge in [-0.25, -0.2) is 0 Å². The van der Waals surface area contributed by atoms with Crippen molar-refractivity contribution in [3.8, 4) is 0 Å². The van der Waals surface area contributed by atoms with Crippen LogP contribution in [0.15, 0.2) is 24.3 Å². The van der Waals surface area contributed by atoms with E-state index in [1.165, 1.54) is 0 Å². The number of piperazine rings is 1. The molecule has 78 valence electrons. The molecule has 2 amide bonds. The van der Waals surface area contributed by atoms with Gasteiger partial charge in [0.25, 0.3) is 0 Å². The van der Waals surface area contributed by atoms with Crippen LogP contribution >= 0.6 is 0 Å². The van der Waals surface area contributed by atoms with Gasteiger partial charge in [0.15, 0.2) is 0 Å². The fourth-order valence-corrected chi connectivity index (χ4v) is 1.58. The zero-order valence-corrected chi connectivity index (χ0v) is 8.49. The number of hydrogen-bond donors (Lipinski definition) is 1. The Morgan fingerprint density at radius 1 is 1.07 bits per heavy atom. The van der Waals surface area contributed by atoms with Crippen molar-refractivity contribution in [2.24, 2.45) is 0 Å². The van der Waals surface area contributed by atoms with Gasteiger partial charge in [-0.2, -0.15) is 0 Å². The van der Waals surface area contributed by atoms with E-state index in [0.717, 1.165) is 11.3 Å². The Hall–Kier alpha value is -1.84. The molecule has 1 saturated heterocycles. The van der Waals surface area contributed by atoms with Crippen LogP contribution in [0.1, 0.15) is 5.56 Å². The molecule has 0 atom stereocenters. The van der Waals surface area contributed by atoms with Gasteiger partial charge in [0.2, 0.25) is 11.8 Å². The number of rotatable bonds is 1. The van der Waals surface area contributed by atoms with Crippen LogP contribution in [0.3, 0.4) is 0 Å². The van der Waals surface area contributed by atoms with Crippen molar-refractivity contribution in [1.82, 2.24) is 5.32 Å². The van der Waals surface area contributed by atoms with Gasteiger partial charge in [0.1, 0.15) is 0 Å². The Balaban J connectivity index is 2.19. The molecule has 1 aromatic rings. The number of carbonyl (C=O) groups excluding carboxylic acids is 2. The van der Waals surface area contributed by atoms with Crippen molar-refractivity contribution in [3.05, 3.63) is 29.8 Å². The van der Waals surface area contributed by atoms with Crippen molar-refractivity contribution >= 4 is 17.5 Å². The van der Waals surface area contributed by atoms with Crippen molar-refractivity contribution in [2.45, 2.75) is 6.92 Å². The first kappa shape index (κ1) is 9.71. The molecule has 1 aromatic carbocycles. The fourth-order valence-electron chi connectivity index (χ4n) is 1.58. The molecule has 0 aliphatic carbocycles. The van der Waals surface area contributed by atoms with Gasteiger partial charge in [0.05, 0.1) is 13.1 Å². The van der Waals surface area contributed by atoms with Gasteiger partial charge in [-0.15, -0.1) is 0 Å². The summed E-state index contributed by atoms with van der Waals surface area (Å²) in [5.41, 5.74) is 2.07. The van der Waals surface area contributed by atoms with Crippen LogP contribution in [0.2, 0.25) is 0 Å². The van der Waals surface area contributed by atoms with Crippen LogP contribution in [0, 0.1) is 6.92 Å². The summed E-state index contributed by atoms with van der Waals surface area (Å²) >= 11 is 0. The molecule has 1 aliphatic heterocycles. The van der Waals surface area contributed by atoms with Gasteiger partial charge in [0, 0.05) is 5.69 Å². The Kier molecular flexibility index (Phi) is 2.41. The third-order valence-electron chi connectivity index (χ3n) is 2.35. The van der Waals surface area contributed by atoms with Gasteiger partial charge in [-0.1, -0.05) is 17.7 Å². The molecule has 0 bridgehead atoms. The molecule has 1 N–H and O–H groups in total. The van der Waals surface area contributed by atoms with E-state index in [9.17, 15) is 9.59 Å². The Bertz CT molecular complexity index is 382. The van der Waals surface area contributed by atoms with Crippen molar-refractivity contribution in [1.29, 1.82) is 0 Å². The predicted molar refractivity (Wildman–Crippen MR) is 56.5 cm³/mol. The summed E-state index contributed by atoms with van der Waals surface area (Å²) in [6.07, 6.45) is 0. The third kappa shape index (κ3) is 2.15. The zero-order chi connectivity index (χ0) is 10.8. The molecule has 2 rings (SSSR count). The standard InChI is InChI=1S/C11H12N2O2/c1-8-2-4-9(5-3-8)13-6-10(14)12-11(15)7-13/h2-5H,6-7H2,1H3,(H,12,14,15). The zero-order valence-electron chi connectivity index (χ0n) is 8.49. The monoisotopic (exact) mass is 204 g/mol. The number of nitrogens with one attached hydrogen (secondary N) is 1. The van der Waals surface area contributed by atoms with E-state index in [1.54, 1.807) is 4.90 Å². The maximum Gasteiger partial charge on any atom is 0.246 e. The molecule has 4 nitrogen and oxygen atoms in total. The van der Waals surface area contributed by atoms with E-state index in [0.29, 0.717) is 0 Å². The summed E-state index contributed by atoms with van der Waals surface area (Å²) in [4.78, 5) is 24.1. The number of imide groups is 1. The minimum absolute atomic E-state index is 0.244. The summed E-state index contributed by atoms with van der Waals surface area (Å²) in [5, 5.41) is 2.27. The van der Waals surface area contributed by atoms with Crippen LogP contribution in [0.25, 0.3) is 0 Å². The van der Waals surface area contributed by atoms with Crippen molar-refractivity contribution in [3.63, 3.8) is 0 Å². The highest BCUT2D eigenvalue weighted by Crippen LogP contribution is 2.15. The van der Waals surface area contributed by atoms with Gasteiger partial charge in [-0.05, 0) is 19.1 Å². The highest BCUT2D eigenvalue weighted by molar-refractivity contribution is 6.02. The van der Waals surface area contributed by atoms with E-state index < -0.39 is 0 Å². The van der Waals surface area contributed by atoms with Crippen LogP contribution in [-0.4, -0.2) is 24.9 Å². The van der Waals surface area contributed by atoms with Crippen LogP contribution in [0.5, 0.6) is 0 Å².